The molecule has 0 aromatic rings. The van der Waals surface area contributed by atoms with E-state index in [0.29, 0.717) is 12.6 Å². The number of carbonyl (C=O) groups is 1. The Labute approximate surface area is 160 Å². The molecule has 1 rings (SSSR count). The van der Waals surface area contributed by atoms with Gasteiger partial charge in [-0.3, -0.25) is 14.7 Å². The van der Waals surface area contributed by atoms with Crippen LogP contribution in [0.4, 0.5) is 0 Å². The van der Waals surface area contributed by atoms with Crippen LogP contribution in [-0.4, -0.2) is 99.1 Å². The van der Waals surface area contributed by atoms with Gasteiger partial charge in [-0.05, 0) is 39.3 Å². The zero-order valence-electron chi connectivity index (χ0n) is 17.6. The van der Waals surface area contributed by atoms with Crippen molar-refractivity contribution in [2.24, 2.45) is 4.99 Å². The standard InChI is InChI=1S/C19H40N6O/c1-6-12-24(8-3)15-11-21-19(20-7-2)22-17-9-13-25(14-10-17)16-18(26)23(4)5/h17H,6-16H2,1-5H3,(H2,20,21,22). The fourth-order valence-corrected chi connectivity index (χ4v) is 3.13. The number of rotatable bonds is 10. The van der Waals surface area contributed by atoms with Gasteiger partial charge in [0.25, 0.3) is 0 Å². The number of nitrogens with zero attached hydrogens (tertiary/aromatic N) is 4. The lowest BCUT2D eigenvalue weighted by Gasteiger charge is -2.33. The molecule has 0 aromatic carbocycles. The topological polar surface area (TPSA) is 63.2 Å². The molecule has 152 valence electrons. The highest BCUT2D eigenvalue weighted by Gasteiger charge is 2.21. The van der Waals surface area contributed by atoms with Crippen LogP contribution in [0.25, 0.3) is 0 Å². The lowest BCUT2D eigenvalue weighted by Crippen LogP contribution is -2.50. The maximum Gasteiger partial charge on any atom is 0.236 e. The first-order valence-corrected chi connectivity index (χ1v) is 10.2. The van der Waals surface area contributed by atoms with Gasteiger partial charge in [-0.25, -0.2) is 0 Å². The quantitative estimate of drug-likeness (QED) is 0.442. The number of likely N-dealkylation sites (N-methyl/N-ethyl adjacent to an activating group) is 2. The highest BCUT2D eigenvalue weighted by atomic mass is 16.2. The van der Waals surface area contributed by atoms with Crippen LogP contribution < -0.4 is 10.6 Å². The first-order chi connectivity index (χ1) is 12.5. The van der Waals surface area contributed by atoms with Gasteiger partial charge in [0.2, 0.25) is 5.91 Å². The van der Waals surface area contributed by atoms with E-state index in [1.807, 2.05) is 14.1 Å². The molecule has 1 aliphatic rings. The van der Waals surface area contributed by atoms with Gasteiger partial charge in [0.05, 0.1) is 13.1 Å². The summed E-state index contributed by atoms with van der Waals surface area (Å²) in [6.45, 7) is 13.9. The van der Waals surface area contributed by atoms with Crippen LogP contribution in [0.2, 0.25) is 0 Å². The van der Waals surface area contributed by atoms with E-state index in [9.17, 15) is 4.79 Å². The SMILES string of the molecule is CCCN(CC)CCN=C(NCC)NC1CCN(CC(=O)N(C)C)CC1. The molecule has 2 N–H and O–H groups in total. The second-order valence-corrected chi connectivity index (χ2v) is 7.18. The number of hydrogen-bond acceptors (Lipinski definition) is 4. The number of guanidine groups is 1. The summed E-state index contributed by atoms with van der Waals surface area (Å²) in [6, 6.07) is 0.427. The first kappa shape index (κ1) is 22.7. The number of carbonyl (C=O) groups excluding carboxylic acids is 1. The molecule has 7 heteroatoms. The summed E-state index contributed by atoms with van der Waals surface area (Å²) < 4.78 is 0. The Morgan fingerprint density at radius 1 is 1.15 bits per heavy atom. The lowest BCUT2D eigenvalue weighted by molar-refractivity contribution is -0.130. The van der Waals surface area contributed by atoms with Crippen LogP contribution in [0, 0.1) is 0 Å². The minimum absolute atomic E-state index is 0.180. The van der Waals surface area contributed by atoms with Crippen molar-refractivity contribution in [3.8, 4) is 0 Å². The van der Waals surface area contributed by atoms with Crippen LogP contribution >= 0.6 is 0 Å². The van der Waals surface area contributed by atoms with Crippen molar-refractivity contribution in [1.82, 2.24) is 25.3 Å². The van der Waals surface area contributed by atoms with Crippen LogP contribution in [0.3, 0.4) is 0 Å². The molecule has 1 heterocycles. The maximum atomic E-state index is 11.8. The number of likely N-dealkylation sites (tertiary alicyclic amines) is 1. The van der Waals surface area contributed by atoms with Crippen LogP contribution in [-0.2, 0) is 4.79 Å². The van der Waals surface area contributed by atoms with E-state index in [2.05, 4.69) is 41.2 Å². The summed E-state index contributed by atoms with van der Waals surface area (Å²) in [5.74, 6) is 1.10. The van der Waals surface area contributed by atoms with Crippen LogP contribution in [0.15, 0.2) is 4.99 Å². The van der Waals surface area contributed by atoms with Gasteiger partial charge in [-0.1, -0.05) is 13.8 Å². The smallest absolute Gasteiger partial charge is 0.236 e. The fraction of sp³-hybridized carbons (Fsp3) is 0.895. The molecule has 0 spiro atoms. The van der Waals surface area contributed by atoms with Crippen molar-refractivity contribution in [3.63, 3.8) is 0 Å². The average molecular weight is 369 g/mol. The van der Waals surface area contributed by atoms with Gasteiger partial charge in [0.15, 0.2) is 5.96 Å². The Bertz CT molecular complexity index is 418. The largest absolute Gasteiger partial charge is 0.357 e. The molecule has 26 heavy (non-hydrogen) atoms. The van der Waals surface area contributed by atoms with E-state index in [0.717, 1.165) is 64.6 Å². The predicted molar refractivity (Wildman–Crippen MR) is 110 cm³/mol. The number of hydrogen-bond donors (Lipinski definition) is 2. The Balaban J connectivity index is 2.40. The van der Waals surface area contributed by atoms with Crippen molar-refractivity contribution < 1.29 is 4.79 Å². The minimum Gasteiger partial charge on any atom is -0.357 e. The van der Waals surface area contributed by atoms with Crippen molar-refractivity contribution in [2.45, 2.75) is 46.1 Å². The predicted octanol–water partition coefficient (Wildman–Crippen LogP) is 0.826. The highest BCUT2D eigenvalue weighted by molar-refractivity contribution is 5.80. The summed E-state index contributed by atoms with van der Waals surface area (Å²) in [4.78, 5) is 22.9. The third-order valence-electron chi connectivity index (χ3n) is 4.80. The van der Waals surface area contributed by atoms with Crippen molar-refractivity contribution >= 4 is 11.9 Å². The van der Waals surface area contributed by atoms with Gasteiger partial charge in [-0.15, -0.1) is 0 Å². The van der Waals surface area contributed by atoms with Gasteiger partial charge in [0, 0.05) is 46.3 Å². The summed E-state index contributed by atoms with van der Waals surface area (Å²) in [5.41, 5.74) is 0. The normalized spacial score (nSPS) is 16.8. The monoisotopic (exact) mass is 368 g/mol. The summed E-state index contributed by atoms with van der Waals surface area (Å²) >= 11 is 0. The molecule has 0 radical (unpaired) electrons. The molecule has 1 amide bonds. The molecule has 0 saturated carbocycles. The Kier molecular flexibility index (Phi) is 11.3. The third kappa shape index (κ3) is 8.85. The summed E-state index contributed by atoms with van der Waals surface area (Å²) in [5, 5.41) is 6.93. The van der Waals surface area contributed by atoms with E-state index in [1.54, 1.807) is 4.90 Å². The van der Waals surface area contributed by atoms with Gasteiger partial charge in [0.1, 0.15) is 0 Å². The Morgan fingerprint density at radius 3 is 2.38 bits per heavy atom. The molecular formula is C19H40N6O. The van der Waals surface area contributed by atoms with Gasteiger partial charge < -0.3 is 20.4 Å². The van der Waals surface area contributed by atoms with Crippen LogP contribution in [0.5, 0.6) is 0 Å². The molecule has 1 saturated heterocycles. The number of nitrogens with one attached hydrogen (secondary N) is 2. The maximum absolute atomic E-state index is 11.8. The fourth-order valence-electron chi connectivity index (χ4n) is 3.13. The molecule has 7 nitrogen and oxygen atoms in total. The van der Waals surface area contributed by atoms with Crippen molar-refractivity contribution in [2.75, 3.05) is 66.5 Å². The highest BCUT2D eigenvalue weighted by Crippen LogP contribution is 2.10. The van der Waals surface area contributed by atoms with Crippen LogP contribution in [0.1, 0.15) is 40.0 Å². The van der Waals surface area contributed by atoms with E-state index < -0.39 is 0 Å². The van der Waals surface area contributed by atoms with E-state index in [1.165, 1.54) is 6.42 Å². The molecule has 1 fully saturated rings. The summed E-state index contributed by atoms with van der Waals surface area (Å²) in [6.07, 6.45) is 3.27. The summed E-state index contributed by atoms with van der Waals surface area (Å²) in [7, 11) is 3.63. The first-order valence-electron chi connectivity index (χ1n) is 10.2. The van der Waals surface area contributed by atoms with Gasteiger partial charge >= 0.3 is 0 Å². The Hall–Kier alpha value is -1.34. The number of piperidine rings is 1. The molecule has 0 aromatic heterocycles. The zero-order chi connectivity index (χ0) is 19.4. The molecule has 0 aliphatic carbocycles. The van der Waals surface area contributed by atoms with Gasteiger partial charge in [-0.2, -0.15) is 0 Å². The zero-order valence-corrected chi connectivity index (χ0v) is 17.6. The van der Waals surface area contributed by atoms with E-state index >= 15 is 0 Å². The molecule has 0 atom stereocenters. The Morgan fingerprint density at radius 2 is 1.85 bits per heavy atom. The second kappa shape index (κ2) is 12.9. The molecular weight excluding hydrogens is 328 g/mol. The third-order valence-corrected chi connectivity index (χ3v) is 4.80. The average Bonchev–Trinajstić information content (AvgIpc) is 2.62. The number of aliphatic imine (C=N–C) groups is 1. The lowest BCUT2D eigenvalue weighted by atomic mass is 10.1. The molecule has 0 unspecified atom stereocenters. The molecule has 1 aliphatic heterocycles. The minimum atomic E-state index is 0.180. The molecule has 0 bridgehead atoms. The van der Waals surface area contributed by atoms with Crippen molar-refractivity contribution in [1.29, 1.82) is 0 Å². The second-order valence-electron chi connectivity index (χ2n) is 7.18. The number of amides is 1. The van der Waals surface area contributed by atoms with Crippen molar-refractivity contribution in [3.05, 3.63) is 0 Å². The van der Waals surface area contributed by atoms with E-state index in [4.69, 9.17) is 4.99 Å². The van der Waals surface area contributed by atoms with E-state index in [-0.39, 0.29) is 5.91 Å².